The van der Waals surface area contributed by atoms with Crippen molar-refractivity contribution in [2.45, 2.75) is 26.2 Å². The van der Waals surface area contributed by atoms with E-state index in [1.165, 1.54) is 4.90 Å². The van der Waals surface area contributed by atoms with Crippen molar-refractivity contribution in [3.8, 4) is 5.75 Å². The predicted molar refractivity (Wildman–Crippen MR) is 112 cm³/mol. The Hall–Kier alpha value is -3.15. The van der Waals surface area contributed by atoms with Gasteiger partial charge in [-0.2, -0.15) is 0 Å². The summed E-state index contributed by atoms with van der Waals surface area (Å²) in [6, 6.07) is 17.9. The molecule has 1 amide bonds. The molecule has 0 unspecified atom stereocenters. The SMILES string of the molecule is CCOC(=O)[C@@]1(CCOc2ccccc2)CCCN(C(=O)C(=O)c2ccccc2)C1. The predicted octanol–water partition coefficient (Wildman–Crippen LogP) is 3.51. The van der Waals surface area contributed by atoms with Gasteiger partial charge in [0.15, 0.2) is 0 Å². The fourth-order valence-corrected chi connectivity index (χ4v) is 3.80. The van der Waals surface area contributed by atoms with Crippen molar-refractivity contribution in [3.05, 3.63) is 66.2 Å². The van der Waals surface area contributed by atoms with Gasteiger partial charge in [0.1, 0.15) is 5.75 Å². The Bertz CT molecular complexity index is 868. The van der Waals surface area contributed by atoms with Crippen molar-refractivity contribution in [2.75, 3.05) is 26.3 Å². The average Bonchev–Trinajstić information content (AvgIpc) is 2.79. The number of nitrogens with zero attached hydrogens (tertiary/aromatic N) is 1. The molecule has 2 aromatic rings. The maximum atomic E-state index is 12.9. The van der Waals surface area contributed by atoms with Crippen molar-refractivity contribution in [3.63, 3.8) is 0 Å². The zero-order valence-electron chi connectivity index (χ0n) is 17.2. The molecule has 0 saturated carbocycles. The minimum absolute atomic E-state index is 0.154. The minimum Gasteiger partial charge on any atom is -0.494 e. The summed E-state index contributed by atoms with van der Waals surface area (Å²) in [7, 11) is 0. The number of rotatable bonds is 8. The third-order valence-electron chi connectivity index (χ3n) is 5.40. The fraction of sp³-hybridized carbons (Fsp3) is 0.375. The third-order valence-corrected chi connectivity index (χ3v) is 5.40. The van der Waals surface area contributed by atoms with Gasteiger partial charge in [-0.25, -0.2) is 0 Å². The van der Waals surface area contributed by atoms with Crippen LogP contribution >= 0.6 is 0 Å². The summed E-state index contributed by atoms with van der Waals surface area (Å²) in [6.07, 6.45) is 1.62. The minimum atomic E-state index is -0.879. The molecule has 0 aromatic heterocycles. The van der Waals surface area contributed by atoms with Crippen LogP contribution in [0.1, 0.15) is 36.5 Å². The summed E-state index contributed by atoms with van der Waals surface area (Å²) in [5.74, 6) is -0.764. The standard InChI is InChI=1S/C24H27NO5/c1-2-29-23(28)24(15-17-30-20-12-7-4-8-13-20)14-9-16-25(18-24)22(27)21(26)19-10-5-3-6-11-19/h3-8,10-13H,2,9,14-18H2,1H3/t24-/m1/s1. The van der Waals surface area contributed by atoms with Gasteiger partial charge >= 0.3 is 5.97 Å². The molecule has 30 heavy (non-hydrogen) atoms. The lowest BCUT2D eigenvalue weighted by Crippen LogP contribution is -2.52. The van der Waals surface area contributed by atoms with Gasteiger partial charge in [0.2, 0.25) is 5.78 Å². The van der Waals surface area contributed by atoms with E-state index in [-0.39, 0.29) is 19.1 Å². The summed E-state index contributed by atoms with van der Waals surface area (Å²) in [5.41, 5.74) is -0.530. The zero-order valence-corrected chi connectivity index (χ0v) is 17.2. The average molecular weight is 409 g/mol. The number of benzene rings is 2. The van der Waals surface area contributed by atoms with Crippen LogP contribution in [0.3, 0.4) is 0 Å². The van der Waals surface area contributed by atoms with E-state index in [0.29, 0.717) is 38.0 Å². The first kappa shape index (κ1) is 21.6. The van der Waals surface area contributed by atoms with E-state index in [1.54, 1.807) is 37.3 Å². The fourth-order valence-electron chi connectivity index (χ4n) is 3.80. The Morgan fingerprint density at radius 2 is 1.67 bits per heavy atom. The Morgan fingerprint density at radius 1 is 1.00 bits per heavy atom. The number of hydrogen-bond acceptors (Lipinski definition) is 5. The van der Waals surface area contributed by atoms with E-state index in [2.05, 4.69) is 0 Å². The van der Waals surface area contributed by atoms with Gasteiger partial charge in [-0.05, 0) is 38.3 Å². The molecule has 1 aliphatic heterocycles. The van der Waals surface area contributed by atoms with Gasteiger partial charge in [0, 0.05) is 18.7 Å². The first-order valence-electron chi connectivity index (χ1n) is 10.3. The molecule has 1 fully saturated rings. The number of esters is 1. The molecule has 0 aliphatic carbocycles. The molecule has 0 radical (unpaired) electrons. The highest BCUT2D eigenvalue weighted by molar-refractivity contribution is 6.42. The van der Waals surface area contributed by atoms with Crippen molar-refractivity contribution in [1.82, 2.24) is 4.90 Å². The summed E-state index contributed by atoms with van der Waals surface area (Å²) in [6.45, 7) is 2.94. The number of hydrogen-bond donors (Lipinski definition) is 0. The maximum Gasteiger partial charge on any atom is 0.314 e. The molecular weight excluding hydrogens is 382 g/mol. The summed E-state index contributed by atoms with van der Waals surface area (Å²) in [4.78, 5) is 39.8. The van der Waals surface area contributed by atoms with Gasteiger partial charge in [-0.15, -0.1) is 0 Å². The van der Waals surface area contributed by atoms with Gasteiger partial charge < -0.3 is 14.4 Å². The van der Waals surface area contributed by atoms with Crippen molar-refractivity contribution >= 4 is 17.7 Å². The van der Waals surface area contributed by atoms with E-state index < -0.39 is 17.1 Å². The lowest BCUT2D eigenvalue weighted by atomic mass is 9.77. The quantitative estimate of drug-likeness (QED) is 0.379. The first-order chi connectivity index (χ1) is 14.6. The van der Waals surface area contributed by atoms with Crippen LogP contribution in [-0.2, 0) is 14.3 Å². The van der Waals surface area contributed by atoms with Crippen LogP contribution in [0, 0.1) is 5.41 Å². The Balaban J connectivity index is 1.72. The molecule has 1 aliphatic rings. The number of carbonyl (C=O) groups is 3. The van der Waals surface area contributed by atoms with Crippen LogP contribution in [0.5, 0.6) is 5.75 Å². The second kappa shape index (κ2) is 10.1. The van der Waals surface area contributed by atoms with Gasteiger partial charge in [0.05, 0.1) is 18.6 Å². The monoisotopic (exact) mass is 409 g/mol. The van der Waals surface area contributed by atoms with E-state index >= 15 is 0 Å². The third kappa shape index (κ3) is 5.06. The molecule has 1 saturated heterocycles. The van der Waals surface area contributed by atoms with Crippen LogP contribution in [0.2, 0.25) is 0 Å². The largest absolute Gasteiger partial charge is 0.494 e. The highest BCUT2D eigenvalue weighted by atomic mass is 16.5. The van der Waals surface area contributed by atoms with Crippen LogP contribution < -0.4 is 4.74 Å². The Labute approximate surface area is 176 Å². The van der Waals surface area contributed by atoms with Gasteiger partial charge in [-0.1, -0.05) is 48.5 Å². The number of Topliss-reactive ketones (excluding diaryl/α,β-unsaturated/α-hetero) is 1. The smallest absolute Gasteiger partial charge is 0.314 e. The highest BCUT2D eigenvalue weighted by Gasteiger charge is 2.45. The lowest BCUT2D eigenvalue weighted by molar-refractivity contribution is -0.161. The van der Waals surface area contributed by atoms with Crippen molar-refractivity contribution in [1.29, 1.82) is 0 Å². The Morgan fingerprint density at radius 3 is 2.33 bits per heavy atom. The second-order valence-corrected chi connectivity index (χ2v) is 7.44. The van der Waals surface area contributed by atoms with Crippen LogP contribution in [0.4, 0.5) is 0 Å². The van der Waals surface area contributed by atoms with Crippen molar-refractivity contribution < 1.29 is 23.9 Å². The van der Waals surface area contributed by atoms with Crippen LogP contribution in [0.25, 0.3) is 0 Å². The zero-order chi connectivity index (χ0) is 21.4. The number of likely N-dealkylation sites (tertiary alicyclic amines) is 1. The van der Waals surface area contributed by atoms with E-state index in [9.17, 15) is 14.4 Å². The van der Waals surface area contributed by atoms with Crippen LogP contribution in [-0.4, -0.2) is 48.9 Å². The maximum absolute atomic E-state index is 12.9. The van der Waals surface area contributed by atoms with Gasteiger partial charge in [-0.3, -0.25) is 14.4 Å². The molecular formula is C24H27NO5. The number of ether oxygens (including phenoxy) is 2. The summed E-state index contributed by atoms with van der Waals surface area (Å²) < 4.78 is 11.1. The lowest BCUT2D eigenvalue weighted by Gasteiger charge is -2.40. The Kier molecular flexibility index (Phi) is 7.22. The van der Waals surface area contributed by atoms with E-state index in [1.807, 2.05) is 30.3 Å². The van der Waals surface area contributed by atoms with E-state index in [0.717, 1.165) is 5.75 Å². The van der Waals surface area contributed by atoms with Crippen molar-refractivity contribution in [2.24, 2.45) is 5.41 Å². The number of ketones is 1. The molecule has 0 bridgehead atoms. The molecule has 2 aromatic carbocycles. The number of carbonyl (C=O) groups excluding carboxylic acids is 3. The first-order valence-corrected chi connectivity index (χ1v) is 10.3. The topological polar surface area (TPSA) is 72.9 Å². The second-order valence-electron chi connectivity index (χ2n) is 7.44. The number of amides is 1. The van der Waals surface area contributed by atoms with E-state index in [4.69, 9.17) is 9.47 Å². The molecule has 3 rings (SSSR count). The molecule has 6 nitrogen and oxygen atoms in total. The molecule has 158 valence electrons. The number of piperidine rings is 1. The molecule has 0 N–H and O–H groups in total. The molecule has 6 heteroatoms. The molecule has 0 spiro atoms. The number of para-hydroxylation sites is 1. The van der Waals surface area contributed by atoms with Crippen LogP contribution in [0.15, 0.2) is 60.7 Å². The molecule has 1 heterocycles. The highest BCUT2D eigenvalue weighted by Crippen LogP contribution is 2.35. The normalized spacial score (nSPS) is 18.5. The summed E-state index contributed by atoms with van der Waals surface area (Å²) >= 11 is 0. The van der Waals surface area contributed by atoms with Gasteiger partial charge in [0.25, 0.3) is 5.91 Å². The molecule has 1 atom stereocenters. The summed E-state index contributed by atoms with van der Waals surface area (Å²) in [5, 5.41) is 0.